The fourth-order valence-electron chi connectivity index (χ4n) is 12.8. The molecule has 538 valence electrons. The number of carbonyl (C=O) groups is 11. The number of nitrogens with one attached hydrogen (secondary N) is 3. The van der Waals surface area contributed by atoms with Crippen molar-refractivity contribution in [3.8, 4) is 0 Å². The summed E-state index contributed by atoms with van der Waals surface area (Å²) in [6.45, 7) is 35.0. The number of carbonyl (C=O) groups excluding carboxylic acids is 11. The maximum atomic E-state index is 15.4. The molecule has 0 radical (unpaired) electrons. The van der Waals surface area contributed by atoms with Crippen LogP contribution >= 0.6 is 11.8 Å². The van der Waals surface area contributed by atoms with Gasteiger partial charge in [0.1, 0.15) is 66.5 Å². The van der Waals surface area contributed by atoms with Gasteiger partial charge in [-0.1, -0.05) is 109 Å². The van der Waals surface area contributed by atoms with Crippen LogP contribution < -0.4 is 16.0 Å². The standard InChI is InChI=1S/C69H124N12O12S/c1-26-30-32-45(15)58(82)57-61(85)71-49(27-2)63(87)77(23)54(39-94-34-31-33-80(28-3)29-4)66(90)73(19)50(35-40(5)6)60(84)72-55(43(11)12)68(92)76(22)53-38-46(16)81(67(53)91)48(18)59(83)70-47(17)62(86)74(20)51(36-41(7)8)64(88)75(21)52(37-42(9)10)65(89)78(24)56(44(13)14)69(93)79(57)25/h26,30,40-58,82H,27-29,31-39H2,1-25H3,(H,70,83)(H,71,85)(H,72,84)/b30-26+/t45-,46?,47+,48-,49-,50+,51-,52-,53-,54-,55-,56-,57-,58-/m1/s1. The molecular weight excluding hydrogens is 1220 g/mol. The molecule has 0 aromatic heterocycles. The lowest BCUT2D eigenvalue weighted by atomic mass is 9.91. The van der Waals surface area contributed by atoms with E-state index in [1.807, 2.05) is 54.5 Å². The second-order valence-corrected chi connectivity index (χ2v) is 29.6. The van der Waals surface area contributed by atoms with E-state index in [1.54, 1.807) is 54.5 Å². The van der Waals surface area contributed by atoms with E-state index < -0.39 is 161 Å². The number of aliphatic hydroxyl groups excluding tert-OH is 1. The van der Waals surface area contributed by atoms with Crippen molar-refractivity contribution in [3.05, 3.63) is 12.2 Å². The van der Waals surface area contributed by atoms with Crippen molar-refractivity contribution >= 4 is 76.7 Å². The fourth-order valence-corrected chi connectivity index (χ4v) is 13.9. The Morgan fingerprint density at radius 3 is 1.50 bits per heavy atom. The summed E-state index contributed by atoms with van der Waals surface area (Å²) in [5, 5.41) is 20.9. The van der Waals surface area contributed by atoms with Crippen molar-refractivity contribution in [1.29, 1.82) is 0 Å². The molecule has 2 rings (SSSR count). The zero-order valence-electron chi connectivity index (χ0n) is 62.0. The molecule has 2 saturated heterocycles. The maximum absolute atomic E-state index is 15.4. The number of allylic oxidation sites excluding steroid dienone is 2. The Bertz CT molecular complexity index is 2580. The Labute approximate surface area is 568 Å². The van der Waals surface area contributed by atoms with E-state index in [-0.39, 0.29) is 55.6 Å². The van der Waals surface area contributed by atoms with Gasteiger partial charge in [-0.05, 0) is 134 Å². The molecule has 1 unspecified atom stereocenters. The monoisotopic (exact) mass is 1340 g/mol. The highest BCUT2D eigenvalue weighted by Crippen LogP contribution is 2.29. The number of rotatable bonds is 21. The van der Waals surface area contributed by atoms with E-state index in [9.17, 15) is 29.1 Å². The molecule has 2 aliphatic heterocycles. The van der Waals surface area contributed by atoms with Crippen LogP contribution in [0.1, 0.15) is 170 Å². The van der Waals surface area contributed by atoms with Crippen LogP contribution in [0.4, 0.5) is 0 Å². The molecule has 2 bridgehead atoms. The first-order chi connectivity index (χ1) is 43.7. The Hall–Kier alpha value is -5.82. The van der Waals surface area contributed by atoms with Crippen LogP contribution in [0.3, 0.4) is 0 Å². The number of hydrogen-bond donors (Lipinski definition) is 4. The molecule has 0 aromatic rings. The average Bonchev–Trinajstić information content (AvgIpc) is 1.49. The quantitative estimate of drug-likeness (QED) is 0.0907. The minimum atomic E-state index is -1.63. The second-order valence-electron chi connectivity index (χ2n) is 28.4. The molecule has 2 heterocycles. The summed E-state index contributed by atoms with van der Waals surface area (Å²) in [6.07, 6.45) is 3.81. The van der Waals surface area contributed by atoms with Crippen LogP contribution in [0.25, 0.3) is 0 Å². The Morgan fingerprint density at radius 1 is 0.532 bits per heavy atom. The Balaban J connectivity index is 3.09. The lowest BCUT2D eigenvalue weighted by Gasteiger charge is -2.41. The van der Waals surface area contributed by atoms with Gasteiger partial charge in [-0.2, -0.15) is 11.8 Å². The molecule has 0 aliphatic carbocycles. The number of amides is 11. The highest BCUT2D eigenvalue weighted by atomic mass is 32.2. The van der Waals surface area contributed by atoms with Crippen molar-refractivity contribution in [3.63, 3.8) is 0 Å². The minimum Gasteiger partial charge on any atom is -0.390 e. The third kappa shape index (κ3) is 22.1. The zero-order chi connectivity index (χ0) is 72.2. The largest absolute Gasteiger partial charge is 0.390 e. The van der Waals surface area contributed by atoms with E-state index in [4.69, 9.17) is 0 Å². The molecule has 24 nitrogen and oxygen atoms in total. The maximum Gasteiger partial charge on any atom is 0.246 e. The van der Waals surface area contributed by atoms with Crippen molar-refractivity contribution in [2.24, 2.45) is 35.5 Å². The topological polar surface area (TPSA) is 273 Å². The van der Waals surface area contributed by atoms with Gasteiger partial charge >= 0.3 is 0 Å². The number of nitrogens with zero attached hydrogens (tertiary/aromatic N) is 9. The molecule has 14 atom stereocenters. The van der Waals surface area contributed by atoms with E-state index in [1.165, 1.54) is 109 Å². The third-order valence-electron chi connectivity index (χ3n) is 18.9. The summed E-state index contributed by atoms with van der Waals surface area (Å²) in [7, 11) is 10.2. The zero-order valence-corrected chi connectivity index (χ0v) is 62.8. The smallest absolute Gasteiger partial charge is 0.246 e. The van der Waals surface area contributed by atoms with Crippen LogP contribution in [0.5, 0.6) is 0 Å². The van der Waals surface area contributed by atoms with Gasteiger partial charge in [0.05, 0.1) is 6.10 Å². The van der Waals surface area contributed by atoms with Crippen molar-refractivity contribution in [2.45, 2.75) is 248 Å². The molecule has 2 aliphatic rings. The number of likely N-dealkylation sites (N-methyl/N-ethyl adjacent to an activating group) is 7. The van der Waals surface area contributed by atoms with E-state index in [0.29, 0.717) is 12.2 Å². The van der Waals surface area contributed by atoms with Gasteiger partial charge in [-0.15, -0.1) is 0 Å². The van der Waals surface area contributed by atoms with Crippen LogP contribution in [0.15, 0.2) is 12.2 Å². The van der Waals surface area contributed by atoms with Crippen molar-refractivity contribution in [1.82, 2.24) is 60.0 Å². The molecule has 0 aromatic carbocycles. The number of thioether (sulfide) groups is 1. The SMILES string of the molecule is C/C=C/C[C@@H](C)[C@@H](O)[C@@H]1C(=O)N[C@H](CC)C(=O)N(C)[C@H](CSCCCN(CC)CC)C(=O)N(C)[C@@H](CC(C)C)C(=O)N[C@H](C(C)C)C(=O)N(C)[C@@H]2CC(C)N(C2=O)[C@H](C)C(=O)N[C@@H](C)C(=O)N(C)[C@H](CC(C)C)C(=O)N(C)[C@H](CC(C)C)C(=O)N(C)[C@H](C(C)C)C(=O)N1C. The molecule has 2 fully saturated rings. The van der Waals surface area contributed by atoms with Crippen LogP contribution in [0, 0.1) is 35.5 Å². The molecule has 94 heavy (non-hydrogen) atoms. The van der Waals surface area contributed by atoms with Gasteiger partial charge in [0, 0.05) is 61.1 Å². The van der Waals surface area contributed by atoms with E-state index in [0.717, 1.165) is 31.0 Å². The molecule has 11 amide bonds. The van der Waals surface area contributed by atoms with Gasteiger partial charge < -0.3 is 65.2 Å². The lowest BCUT2D eigenvalue weighted by molar-refractivity contribution is -0.157. The van der Waals surface area contributed by atoms with Gasteiger partial charge in [0.25, 0.3) is 0 Å². The molecular formula is C69H124N12O12S. The van der Waals surface area contributed by atoms with E-state index >= 15 is 28.8 Å². The highest BCUT2D eigenvalue weighted by molar-refractivity contribution is 7.99. The van der Waals surface area contributed by atoms with Gasteiger partial charge in [0.15, 0.2) is 0 Å². The predicted octanol–water partition coefficient (Wildman–Crippen LogP) is 4.56. The summed E-state index contributed by atoms with van der Waals surface area (Å²) >= 11 is 1.47. The second kappa shape index (κ2) is 38.8. The minimum absolute atomic E-state index is 0.0164. The Kier molecular flexibility index (Phi) is 34.8. The summed E-state index contributed by atoms with van der Waals surface area (Å²) < 4.78 is 0. The first-order valence-corrected chi connectivity index (χ1v) is 35.6. The third-order valence-corrected chi connectivity index (χ3v) is 20.1. The molecule has 0 saturated carbocycles. The van der Waals surface area contributed by atoms with Crippen molar-refractivity contribution in [2.75, 3.05) is 80.5 Å². The average molecular weight is 1350 g/mol. The number of fused-ring (bicyclic) bond motifs is 2. The predicted molar refractivity (Wildman–Crippen MR) is 370 cm³/mol. The highest BCUT2D eigenvalue weighted by Gasteiger charge is 2.49. The van der Waals surface area contributed by atoms with Gasteiger partial charge in [-0.3, -0.25) is 52.7 Å². The summed E-state index contributed by atoms with van der Waals surface area (Å²) in [5.41, 5.74) is 0. The first kappa shape index (κ1) is 84.3. The fraction of sp³-hybridized carbons (Fsp3) is 0.812. The van der Waals surface area contributed by atoms with Crippen molar-refractivity contribution < 1.29 is 57.8 Å². The van der Waals surface area contributed by atoms with Gasteiger partial charge in [-0.25, -0.2) is 0 Å². The number of aliphatic hydroxyl groups is 1. The first-order valence-electron chi connectivity index (χ1n) is 34.4. The molecule has 25 heteroatoms. The Morgan fingerprint density at radius 2 is 1.01 bits per heavy atom. The summed E-state index contributed by atoms with van der Waals surface area (Å²) in [5.74, 6) is -8.47. The summed E-state index contributed by atoms with van der Waals surface area (Å²) in [6, 6.07) is -14.0. The van der Waals surface area contributed by atoms with Crippen LogP contribution in [0.2, 0.25) is 0 Å². The van der Waals surface area contributed by atoms with Gasteiger partial charge in [0.2, 0.25) is 65.0 Å². The number of hydrogen-bond acceptors (Lipinski definition) is 14. The van der Waals surface area contributed by atoms with Crippen LogP contribution in [-0.2, 0) is 52.7 Å². The lowest BCUT2D eigenvalue weighted by Crippen LogP contribution is -2.64. The summed E-state index contributed by atoms with van der Waals surface area (Å²) in [4.78, 5) is 177. The van der Waals surface area contributed by atoms with E-state index in [2.05, 4.69) is 34.7 Å². The molecule has 4 N–H and O–H groups in total. The van der Waals surface area contributed by atoms with Crippen LogP contribution in [-0.4, -0.2) is 273 Å². The normalized spacial score (nSPS) is 27.6. The molecule has 0 spiro atoms.